The van der Waals surface area contributed by atoms with Crippen molar-refractivity contribution in [2.24, 2.45) is 0 Å². The highest BCUT2D eigenvalue weighted by molar-refractivity contribution is 5.57. The van der Waals surface area contributed by atoms with E-state index in [1.54, 1.807) is 0 Å². The molecule has 0 fully saturated rings. The molecule has 0 amide bonds. The summed E-state index contributed by atoms with van der Waals surface area (Å²) in [6, 6.07) is 0. The van der Waals surface area contributed by atoms with Gasteiger partial charge in [-0.15, -0.1) is 0 Å². The van der Waals surface area contributed by atoms with Crippen LogP contribution in [-0.2, 0) is 0 Å². The molecule has 0 unspecified atom stereocenters. The second-order valence-electron chi connectivity index (χ2n) is 2.39. The first-order valence-corrected chi connectivity index (χ1v) is 3.51. The summed E-state index contributed by atoms with van der Waals surface area (Å²) in [5.74, 6) is 0. The first-order chi connectivity index (χ1) is 5.36. The van der Waals surface area contributed by atoms with E-state index in [0.29, 0.717) is 13.1 Å². The van der Waals surface area contributed by atoms with Crippen LogP contribution in [0.5, 0.6) is 0 Å². The topological polar surface area (TPSA) is 54.2 Å². The lowest BCUT2D eigenvalue weighted by Gasteiger charge is -2.17. The quantitative estimate of drug-likeness (QED) is 0.570. The van der Waals surface area contributed by atoms with Crippen molar-refractivity contribution in [3.63, 3.8) is 0 Å². The Morgan fingerprint density at radius 1 is 1.09 bits per heavy atom. The zero-order valence-corrected chi connectivity index (χ0v) is 6.33. The van der Waals surface area contributed by atoms with Crippen LogP contribution >= 0.6 is 0 Å². The van der Waals surface area contributed by atoms with Crippen LogP contribution in [0, 0.1) is 10.8 Å². The molecule has 2 N–H and O–H groups in total. The highest BCUT2D eigenvalue weighted by Gasteiger charge is 2.08. The summed E-state index contributed by atoms with van der Waals surface area (Å²) in [6.07, 6.45) is 6.62. The van der Waals surface area contributed by atoms with Crippen LogP contribution in [0.3, 0.4) is 0 Å². The van der Waals surface area contributed by atoms with Gasteiger partial charge in [-0.1, -0.05) is 0 Å². The summed E-state index contributed by atoms with van der Waals surface area (Å²) in [5.41, 5.74) is 0. The second kappa shape index (κ2) is 3.75. The monoisotopic (exact) mass is 152 g/mol. The maximum absolute atomic E-state index is 6.87. The van der Waals surface area contributed by atoms with Crippen molar-refractivity contribution in [3.8, 4) is 0 Å². The normalized spacial score (nSPS) is 15.6. The van der Waals surface area contributed by atoms with Gasteiger partial charge in [-0.3, -0.25) is 0 Å². The van der Waals surface area contributed by atoms with Gasteiger partial charge in [0.15, 0.2) is 0 Å². The lowest BCUT2D eigenvalue weighted by Crippen LogP contribution is -2.27. The average molecular weight is 152 g/mol. The molecule has 60 valence electrons. The molecule has 0 aromatic heterocycles. The summed E-state index contributed by atoms with van der Waals surface area (Å²) < 4.78 is 0. The molecule has 0 radical (unpaired) electrons. The molecule has 1 aliphatic rings. The largest absolute Gasteiger partial charge is 0.353 e. The van der Waals surface area contributed by atoms with E-state index in [4.69, 9.17) is 10.8 Å². The van der Waals surface area contributed by atoms with Crippen molar-refractivity contribution in [2.75, 3.05) is 19.8 Å². The van der Waals surface area contributed by atoms with Crippen molar-refractivity contribution in [3.05, 3.63) is 12.4 Å². The summed E-state index contributed by atoms with van der Waals surface area (Å²) in [6.45, 7) is 2.11. The molecule has 1 rings (SSSR count). The van der Waals surface area contributed by atoms with Crippen molar-refractivity contribution >= 4 is 12.4 Å². The molecule has 0 aliphatic carbocycles. The van der Waals surface area contributed by atoms with Gasteiger partial charge in [0, 0.05) is 24.8 Å². The Morgan fingerprint density at radius 3 is 1.91 bits per heavy atom. The van der Waals surface area contributed by atoms with Gasteiger partial charge in [0.05, 0.1) is 19.8 Å². The van der Waals surface area contributed by atoms with Crippen LogP contribution in [0.4, 0.5) is 0 Å². The van der Waals surface area contributed by atoms with Gasteiger partial charge in [-0.25, -0.2) is 0 Å². The number of nitrogens with zero attached hydrogens (tertiary/aromatic N) is 2. The Hall–Kier alpha value is -1.32. The van der Waals surface area contributed by atoms with E-state index in [0.717, 1.165) is 6.67 Å². The van der Waals surface area contributed by atoms with Crippen LogP contribution < -0.4 is 0 Å². The third kappa shape index (κ3) is 2.07. The number of rotatable bonds is 4. The summed E-state index contributed by atoms with van der Waals surface area (Å²) >= 11 is 0. The lowest BCUT2D eigenvalue weighted by molar-refractivity contribution is 0.313. The number of nitrogens with one attached hydrogen (secondary N) is 2. The molecule has 1 aliphatic heterocycles. The molecule has 11 heavy (non-hydrogen) atoms. The maximum Gasteiger partial charge on any atom is 0.0901 e. The molecule has 0 bridgehead atoms. The van der Waals surface area contributed by atoms with E-state index in [1.165, 1.54) is 12.4 Å². The Bertz CT molecular complexity index is 157. The third-order valence-electron chi connectivity index (χ3n) is 1.50. The molecule has 1 heterocycles. The molecular formula is C7H12N4. The SMILES string of the molecule is N=CCN1C=CN(CC=N)C1. The molecule has 0 atom stereocenters. The van der Waals surface area contributed by atoms with E-state index in [1.807, 2.05) is 22.2 Å². The molecule has 0 aromatic rings. The van der Waals surface area contributed by atoms with Gasteiger partial charge in [0.1, 0.15) is 0 Å². The van der Waals surface area contributed by atoms with Crippen molar-refractivity contribution in [1.82, 2.24) is 9.80 Å². The molecule has 0 aromatic carbocycles. The van der Waals surface area contributed by atoms with Crippen LogP contribution in [-0.4, -0.2) is 42.0 Å². The van der Waals surface area contributed by atoms with Crippen molar-refractivity contribution < 1.29 is 0 Å². The number of hydrogen-bond acceptors (Lipinski definition) is 4. The van der Waals surface area contributed by atoms with Crippen LogP contribution in [0.15, 0.2) is 12.4 Å². The van der Waals surface area contributed by atoms with Crippen LogP contribution in [0.2, 0.25) is 0 Å². The van der Waals surface area contributed by atoms with E-state index in [9.17, 15) is 0 Å². The van der Waals surface area contributed by atoms with E-state index in [-0.39, 0.29) is 0 Å². The van der Waals surface area contributed by atoms with Gasteiger partial charge in [0.25, 0.3) is 0 Å². The first-order valence-electron chi connectivity index (χ1n) is 3.51. The maximum atomic E-state index is 6.87. The van der Waals surface area contributed by atoms with Crippen molar-refractivity contribution in [1.29, 1.82) is 10.8 Å². The highest BCUT2D eigenvalue weighted by atomic mass is 15.3. The third-order valence-corrected chi connectivity index (χ3v) is 1.50. The van der Waals surface area contributed by atoms with Gasteiger partial charge >= 0.3 is 0 Å². The molecule has 4 heteroatoms. The fourth-order valence-electron chi connectivity index (χ4n) is 0.988. The zero-order chi connectivity index (χ0) is 8.10. The zero-order valence-electron chi connectivity index (χ0n) is 6.33. The van der Waals surface area contributed by atoms with Gasteiger partial charge in [-0.05, 0) is 0 Å². The predicted octanol–water partition coefficient (Wildman–Crippen LogP) is 0.332. The summed E-state index contributed by atoms with van der Waals surface area (Å²) in [5, 5.41) is 13.7. The van der Waals surface area contributed by atoms with E-state index < -0.39 is 0 Å². The fraction of sp³-hybridized carbons (Fsp3) is 0.429. The summed E-state index contributed by atoms with van der Waals surface area (Å²) in [4.78, 5) is 4.02. The molecule has 4 nitrogen and oxygen atoms in total. The fourth-order valence-corrected chi connectivity index (χ4v) is 0.988. The predicted molar refractivity (Wildman–Crippen MR) is 45.0 cm³/mol. The Balaban J connectivity index is 2.30. The van der Waals surface area contributed by atoms with Crippen molar-refractivity contribution in [2.45, 2.75) is 0 Å². The molecular weight excluding hydrogens is 140 g/mol. The Morgan fingerprint density at radius 2 is 1.55 bits per heavy atom. The smallest absolute Gasteiger partial charge is 0.0901 e. The van der Waals surface area contributed by atoms with E-state index >= 15 is 0 Å². The molecule has 0 saturated carbocycles. The standard InChI is InChI=1S/C7H12N4/c8-1-3-10-5-6-11(7-10)4-2-9/h1-2,5-6,8-9H,3-4,7H2. The molecule has 0 saturated heterocycles. The van der Waals surface area contributed by atoms with Gasteiger partial charge < -0.3 is 20.6 Å². The average Bonchev–Trinajstić information content (AvgIpc) is 2.38. The second-order valence-corrected chi connectivity index (χ2v) is 2.39. The molecule has 0 spiro atoms. The lowest BCUT2D eigenvalue weighted by atomic mass is 10.6. The first kappa shape index (κ1) is 7.78. The van der Waals surface area contributed by atoms with Gasteiger partial charge in [-0.2, -0.15) is 0 Å². The Kier molecular flexibility index (Phi) is 2.66. The minimum atomic E-state index is 0.658. The minimum Gasteiger partial charge on any atom is -0.353 e. The van der Waals surface area contributed by atoms with E-state index in [2.05, 4.69) is 0 Å². The highest BCUT2D eigenvalue weighted by Crippen LogP contribution is 2.03. The Labute approximate surface area is 66.1 Å². The minimum absolute atomic E-state index is 0.658. The summed E-state index contributed by atoms with van der Waals surface area (Å²) in [7, 11) is 0. The number of hydrogen-bond donors (Lipinski definition) is 2. The van der Waals surface area contributed by atoms with Crippen LogP contribution in [0.1, 0.15) is 0 Å². The van der Waals surface area contributed by atoms with Gasteiger partial charge in [0.2, 0.25) is 0 Å². The van der Waals surface area contributed by atoms with Crippen LogP contribution in [0.25, 0.3) is 0 Å².